The molecule has 8 heteroatoms. The van der Waals surface area contributed by atoms with Crippen molar-refractivity contribution >= 4 is 34.0 Å². The average Bonchev–Trinajstić information content (AvgIpc) is 3.32. The van der Waals surface area contributed by atoms with E-state index in [1.54, 1.807) is 18.3 Å². The molecule has 1 aromatic heterocycles. The lowest BCUT2D eigenvalue weighted by atomic mass is 10.0. The molecule has 0 radical (unpaired) electrons. The monoisotopic (exact) mass is 492 g/mol. The Labute approximate surface area is 210 Å². The number of carbonyl (C=O) groups is 2. The van der Waals surface area contributed by atoms with E-state index in [2.05, 4.69) is 15.2 Å². The van der Waals surface area contributed by atoms with E-state index in [-0.39, 0.29) is 17.9 Å². The van der Waals surface area contributed by atoms with Crippen LogP contribution in [0.1, 0.15) is 38.1 Å². The second-order valence-electron chi connectivity index (χ2n) is 9.57. The minimum absolute atomic E-state index is 0.0350. The number of thiazole rings is 1. The van der Waals surface area contributed by atoms with Gasteiger partial charge in [-0.05, 0) is 57.5 Å². The Hall–Kier alpha value is -3.07. The van der Waals surface area contributed by atoms with Crippen LogP contribution in [0.4, 0.5) is 10.8 Å². The summed E-state index contributed by atoms with van der Waals surface area (Å²) in [5.74, 6) is -0.200. The van der Waals surface area contributed by atoms with E-state index in [4.69, 9.17) is 4.74 Å². The van der Waals surface area contributed by atoms with Gasteiger partial charge in [0.25, 0.3) is 5.91 Å². The van der Waals surface area contributed by atoms with E-state index in [1.165, 1.54) is 11.3 Å². The van der Waals surface area contributed by atoms with Crippen LogP contribution in [0.3, 0.4) is 0 Å². The highest BCUT2D eigenvalue weighted by Crippen LogP contribution is 2.30. The van der Waals surface area contributed by atoms with Crippen molar-refractivity contribution < 1.29 is 14.3 Å². The summed E-state index contributed by atoms with van der Waals surface area (Å²) in [6, 6.07) is 16.9. The lowest BCUT2D eigenvalue weighted by Crippen LogP contribution is -2.56. The molecule has 2 aromatic carbocycles. The first-order valence-corrected chi connectivity index (χ1v) is 12.6. The average molecular weight is 493 g/mol. The van der Waals surface area contributed by atoms with Gasteiger partial charge in [0.1, 0.15) is 0 Å². The second-order valence-corrected chi connectivity index (χ2v) is 10.6. The molecule has 1 atom stereocenters. The summed E-state index contributed by atoms with van der Waals surface area (Å²) in [4.78, 5) is 35.7. The van der Waals surface area contributed by atoms with Crippen LogP contribution in [0.15, 0.2) is 60.8 Å². The van der Waals surface area contributed by atoms with Crippen LogP contribution >= 0.6 is 11.3 Å². The molecule has 1 saturated heterocycles. The zero-order valence-electron chi connectivity index (χ0n) is 20.7. The molecule has 2 amide bonds. The second kappa shape index (κ2) is 10.7. The molecule has 0 saturated carbocycles. The Bertz CT molecular complexity index is 1150. The molecule has 1 aliphatic rings. The third-order valence-electron chi connectivity index (χ3n) is 6.01. The molecule has 3 aromatic rings. The van der Waals surface area contributed by atoms with Crippen molar-refractivity contribution in [2.24, 2.45) is 0 Å². The highest BCUT2D eigenvalue weighted by Gasteiger charge is 2.34. The molecular formula is C27H32N4O3S. The number of rotatable bonds is 6. The van der Waals surface area contributed by atoms with Crippen LogP contribution in [0.25, 0.3) is 10.4 Å². The first-order valence-electron chi connectivity index (χ1n) is 11.8. The summed E-state index contributed by atoms with van der Waals surface area (Å²) in [5.41, 5.74) is 1.91. The van der Waals surface area contributed by atoms with Crippen LogP contribution in [-0.4, -0.2) is 59.6 Å². The van der Waals surface area contributed by atoms with E-state index >= 15 is 0 Å². The van der Waals surface area contributed by atoms with Gasteiger partial charge < -0.3 is 9.64 Å². The van der Waals surface area contributed by atoms with Gasteiger partial charge in [-0.15, -0.1) is 0 Å². The normalized spacial score (nSPS) is 15.4. The van der Waals surface area contributed by atoms with Crippen molar-refractivity contribution in [3.63, 3.8) is 0 Å². The number of aromatic nitrogens is 1. The van der Waals surface area contributed by atoms with Crippen molar-refractivity contribution in [2.75, 3.05) is 36.5 Å². The molecule has 1 unspecified atom stereocenters. The Morgan fingerprint density at radius 1 is 1.06 bits per heavy atom. The number of amides is 2. The Morgan fingerprint density at radius 2 is 1.71 bits per heavy atom. The number of nitrogens with one attached hydrogen (secondary N) is 1. The predicted octanol–water partition coefficient (Wildman–Crippen LogP) is 4.91. The summed E-state index contributed by atoms with van der Waals surface area (Å²) in [7, 11) is 0. The number of benzene rings is 2. The predicted molar refractivity (Wildman–Crippen MR) is 141 cm³/mol. The molecule has 4 rings (SSSR count). The summed E-state index contributed by atoms with van der Waals surface area (Å²) < 4.78 is 5.44. The van der Waals surface area contributed by atoms with Crippen LogP contribution in [0, 0.1) is 0 Å². The highest BCUT2D eigenvalue weighted by atomic mass is 32.1. The van der Waals surface area contributed by atoms with Crippen LogP contribution < -0.4 is 10.2 Å². The number of anilines is 2. The van der Waals surface area contributed by atoms with Crippen molar-refractivity contribution in [2.45, 2.75) is 39.3 Å². The molecular weight excluding hydrogens is 460 g/mol. The van der Waals surface area contributed by atoms with Gasteiger partial charge in [0, 0.05) is 36.1 Å². The van der Waals surface area contributed by atoms with Crippen molar-refractivity contribution in [1.82, 2.24) is 9.88 Å². The lowest BCUT2D eigenvalue weighted by molar-refractivity contribution is -0.125. The first kappa shape index (κ1) is 25.0. The number of hydrogen-bond acceptors (Lipinski definition) is 6. The summed E-state index contributed by atoms with van der Waals surface area (Å²) >= 11 is 1.43. The van der Waals surface area contributed by atoms with Crippen molar-refractivity contribution in [3.8, 4) is 10.4 Å². The third-order valence-corrected chi connectivity index (χ3v) is 6.98. The van der Waals surface area contributed by atoms with Gasteiger partial charge in [0.2, 0.25) is 5.91 Å². The lowest BCUT2D eigenvalue weighted by Gasteiger charge is -2.40. The largest absolute Gasteiger partial charge is 0.379 e. The Morgan fingerprint density at radius 3 is 2.34 bits per heavy atom. The molecule has 0 bridgehead atoms. The smallest absolute Gasteiger partial charge is 0.257 e. The topological polar surface area (TPSA) is 74.8 Å². The van der Waals surface area contributed by atoms with Crippen molar-refractivity contribution in [1.29, 1.82) is 0 Å². The minimum atomic E-state index is -0.421. The molecule has 184 valence electrons. The number of hydrogen-bond donors (Lipinski definition) is 1. The minimum Gasteiger partial charge on any atom is -0.379 e. The number of ether oxygens (including phenoxy) is 1. The van der Waals surface area contributed by atoms with Crippen LogP contribution in [0.5, 0.6) is 0 Å². The van der Waals surface area contributed by atoms with E-state index in [9.17, 15) is 9.59 Å². The maximum absolute atomic E-state index is 13.5. The SMILES string of the molecule is CC(C(=O)N(c1ccc(C(=O)Nc2ncc(-c3ccccc3)s2)cc1)C(C)(C)C)N1CCOCC1. The molecule has 2 heterocycles. The molecule has 1 aliphatic heterocycles. The van der Waals surface area contributed by atoms with E-state index < -0.39 is 5.54 Å². The maximum atomic E-state index is 13.5. The van der Waals surface area contributed by atoms with Gasteiger partial charge >= 0.3 is 0 Å². The van der Waals surface area contributed by atoms with Gasteiger partial charge in [-0.2, -0.15) is 0 Å². The van der Waals surface area contributed by atoms with Gasteiger partial charge in [-0.1, -0.05) is 41.7 Å². The first-order chi connectivity index (χ1) is 16.7. The summed E-state index contributed by atoms with van der Waals surface area (Å²) in [5, 5.41) is 3.43. The molecule has 35 heavy (non-hydrogen) atoms. The van der Waals surface area contributed by atoms with Crippen LogP contribution in [-0.2, 0) is 9.53 Å². The Balaban J connectivity index is 1.47. The van der Waals surface area contributed by atoms with E-state index in [0.29, 0.717) is 23.9 Å². The van der Waals surface area contributed by atoms with Gasteiger partial charge in [0.15, 0.2) is 5.13 Å². The fourth-order valence-corrected chi connectivity index (χ4v) is 4.97. The standard InChI is InChI=1S/C27H32N4O3S/c1-19(30-14-16-34-17-15-30)25(33)31(27(2,3)4)22-12-10-21(11-13-22)24(32)29-26-28-18-23(35-26)20-8-6-5-7-9-20/h5-13,18-19H,14-17H2,1-4H3,(H,28,29,32). The fourth-order valence-electron chi connectivity index (χ4n) is 4.15. The van der Waals surface area contributed by atoms with E-state index in [0.717, 1.165) is 29.2 Å². The zero-order chi connectivity index (χ0) is 25.0. The van der Waals surface area contributed by atoms with E-state index in [1.807, 2.05) is 75.1 Å². The molecule has 1 fully saturated rings. The third kappa shape index (κ3) is 5.96. The molecule has 7 nitrogen and oxygen atoms in total. The highest BCUT2D eigenvalue weighted by molar-refractivity contribution is 7.19. The van der Waals surface area contributed by atoms with Gasteiger partial charge in [0.05, 0.1) is 24.1 Å². The zero-order valence-corrected chi connectivity index (χ0v) is 21.5. The molecule has 1 N–H and O–H groups in total. The van der Waals surface area contributed by atoms with Gasteiger partial charge in [-0.3, -0.25) is 19.8 Å². The Kier molecular flexibility index (Phi) is 7.64. The van der Waals surface area contributed by atoms with Crippen molar-refractivity contribution in [3.05, 3.63) is 66.4 Å². The summed E-state index contributed by atoms with van der Waals surface area (Å²) in [6.07, 6.45) is 1.77. The number of morpholine rings is 1. The summed E-state index contributed by atoms with van der Waals surface area (Å²) in [6.45, 7) is 10.8. The maximum Gasteiger partial charge on any atom is 0.257 e. The molecule has 0 aliphatic carbocycles. The molecule has 0 spiro atoms. The quantitative estimate of drug-likeness (QED) is 0.529. The van der Waals surface area contributed by atoms with Gasteiger partial charge in [-0.25, -0.2) is 4.98 Å². The number of nitrogens with zero attached hydrogens (tertiary/aromatic N) is 3. The fraction of sp³-hybridized carbons (Fsp3) is 0.370. The van der Waals surface area contributed by atoms with Crippen LogP contribution in [0.2, 0.25) is 0 Å². The number of carbonyl (C=O) groups excluding carboxylic acids is 2.